The smallest absolute Gasteiger partial charge is 0.335 e. The van der Waals surface area contributed by atoms with Gasteiger partial charge in [-0.2, -0.15) is 0 Å². The maximum Gasteiger partial charge on any atom is 0.335 e. The summed E-state index contributed by atoms with van der Waals surface area (Å²) in [5.74, 6) is -0.964. The molecule has 1 fully saturated rings. The number of hydrogen-bond acceptors (Lipinski definition) is 1. The minimum atomic E-state index is -0.920. The fraction of sp³-hybridized carbons (Fsp3) is 0.353. The van der Waals surface area contributed by atoms with Crippen molar-refractivity contribution < 1.29 is 14.3 Å². The lowest BCUT2D eigenvalue weighted by atomic mass is 9.80. The molecule has 0 bridgehead atoms. The number of benzene rings is 2. The first-order valence-corrected chi connectivity index (χ1v) is 7.13. The quantitative estimate of drug-likeness (QED) is 0.858. The SMILES string of the molecule is O=C(O)c1ccc2c(F)cccc2c1C1CCCCC1. The molecule has 104 valence electrons. The molecule has 0 aliphatic heterocycles. The van der Waals surface area contributed by atoms with E-state index in [1.807, 2.05) is 6.07 Å². The van der Waals surface area contributed by atoms with Gasteiger partial charge < -0.3 is 5.11 Å². The van der Waals surface area contributed by atoms with Crippen LogP contribution in [-0.2, 0) is 0 Å². The Morgan fingerprint density at radius 3 is 2.50 bits per heavy atom. The fourth-order valence-electron chi connectivity index (χ4n) is 3.36. The van der Waals surface area contributed by atoms with Crippen LogP contribution in [0.3, 0.4) is 0 Å². The van der Waals surface area contributed by atoms with Crippen molar-refractivity contribution >= 4 is 16.7 Å². The average Bonchev–Trinajstić information content (AvgIpc) is 2.47. The molecule has 0 aromatic heterocycles. The first-order valence-electron chi connectivity index (χ1n) is 7.13. The number of carbonyl (C=O) groups is 1. The molecule has 3 rings (SSSR count). The van der Waals surface area contributed by atoms with Crippen molar-refractivity contribution in [2.75, 3.05) is 0 Å². The van der Waals surface area contributed by atoms with Crippen LogP contribution < -0.4 is 0 Å². The molecule has 3 heteroatoms. The summed E-state index contributed by atoms with van der Waals surface area (Å²) in [6.07, 6.45) is 5.44. The van der Waals surface area contributed by atoms with E-state index >= 15 is 0 Å². The highest BCUT2D eigenvalue weighted by atomic mass is 19.1. The molecule has 20 heavy (non-hydrogen) atoms. The Labute approximate surface area is 117 Å². The number of rotatable bonds is 2. The van der Waals surface area contributed by atoms with Crippen LogP contribution in [0.4, 0.5) is 4.39 Å². The molecule has 0 unspecified atom stereocenters. The highest BCUT2D eigenvalue weighted by Gasteiger charge is 2.24. The van der Waals surface area contributed by atoms with E-state index in [-0.39, 0.29) is 11.7 Å². The summed E-state index contributed by atoms with van der Waals surface area (Å²) in [6, 6.07) is 8.07. The van der Waals surface area contributed by atoms with Crippen molar-refractivity contribution in [2.24, 2.45) is 0 Å². The predicted molar refractivity (Wildman–Crippen MR) is 76.7 cm³/mol. The second-order valence-electron chi connectivity index (χ2n) is 5.50. The van der Waals surface area contributed by atoms with Gasteiger partial charge in [-0.1, -0.05) is 37.5 Å². The summed E-state index contributed by atoms with van der Waals surface area (Å²) in [5, 5.41) is 10.7. The van der Waals surface area contributed by atoms with E-state index in [9.17, 15) is 14.3 Å². The summed E-state index contributed by atoms with van der Waals surface area (Å²) in [5.41, 5.74) is 1.16. The maximum atomic E-state index is 13.9. The molecule has 0 heterocycles. The van der Waals surface area contributed by atoms with Gasteiger partial charge in [-0.05, 0) is 41.8 Å². The number of halogens is 1. The highest BCUT2D eigenvalue weighted by molar-refractivity contribution is 5.98. The molecule has 1 N–H and O–H groups in total. The molecule has 0 amide bonds. The Hall–Kier alpha value is -1.90. The molecule has 1 aliphatic rings. The Bertz CT molecular complexity index is 657. The monoisotopic (exact) mass is 272 g/mol. The van der Waals surface area contributed by atoms with Gasteiger partial charge in [0.05, 0.1) is 5.56 Å². The Kier molecular flexibility index (Phi) is 3.43. The van der Waals surface area contributed by atoms with Crippen molar-refractivity contribution in [3.63, 3.8) is 0 Å². The topological polar surface area (TPSA) is 37.3 Å². The molecule has 0 atom stereocenters. The van der Waals surface area contributed by atoms with E-state index in [2.05, 4.69) is 0 Å². The standard InChI is InChI=1S/C17H17FO2/c18-15-8-4-7-13-12(15)9-10-14(17(19)20)16(13)11-5-2-1-3-6-11/h4,7-11H,1-3,5-6H2,(H,19,20). The van der Waals surface area contributed by atoms with E-state index in [4.69, 9.17) is 0 Å². The number of fused-ring (bicyclic) bond motifs is 1. The number of carboxylic acids is 1. The Morgan fingerprint density at radius 2 is 1.80 bits per heavy atom. The summed E-state index contributed by atoms with van der Waals surface area (Å²) in [4.78, 5) is 11.5. The van der Waals surface area contributed by atoms with Crippen molar-refractivity contribution in [2.45, 2.75) is 38.0 Å². The second kappa shape index (κ2) is 5.23. The van der Waals surface area contributed by atoms with E-state index in [1.54, 1.807) is 18.2 Å². The molecule has 1 saturated carbocycles. The molecule has 2 nitrogen and oxygen atoms in total. The molecular weight excluding hydrogens is 255 g/mol. The lowest BCUT2D eigenvalue weighted by Gasteiger charge is -2.25. The van der Waals surface area contributed by atoms with E-state index in [1.165, 1.54) is 12.5 Å². The summed E-state index contributed by atoms with van der Waals surface area (Å²) in [6.45, 7) is 0. The summed E-state index contributed by atoms with van der Waals surface area (Å²) in [7, 11) is 0. The fourth-order valence-corrected chi connectivity index (χ4v) is 3.36. The first kappa shape index (κ1) is 13.1. The number of aromatic carboxylic acids is 1. The van der Waals surface area contributed by atoms with Crippen LogP contribution in [0.1, 0.15) is 53.9 Å². The van der Waals surface area contributed by atoms with E-state index in [0.717, 1.165) is 36.6 Å². The largest absolute Gasteiger partial charge is 0.478 e. The van der Waals surface area contributed by atoms with Crippen molar-refractivity contribution in [3.8, 4) is 0 Å². The summed E-state index contributed by atoms with van der Waals surface area (Å²) >= 11 is 0. The molecule has 0 saturated heterocycles. The van der Waals surface area contributed by atoms with Gasteiger partial charge in [0.2, 0.25) is 0 Å². The van der Waals surface area contributed by atoms with Crippen LogP contribution in [0.25, 0.3) is 10.8 Å². The van der Waals surface area contributed by atoms with Crippen LogP contribution in [-0.4, -0.2) is 11.1 Å². The third-order valence-electron chi connectivity index (χ3n) is 4.29. The lowest BCUT2D eigenvalue weighted by molar-refractivity contribution is 0.0695. The van der Waals surface area contributed by atoms with Gasteiger partial charge in [0, 0.05) is 5.39 Å². The van der Waals surface area contributed by atoms with Gasteiger partial charge in [-0.15, -0.1) is 0 Å². The van der Waals surface area contributed by atoms with Crippen molar-refractivity contribution in [3.05, 3.63) is 47.3 Å². The molecule has 2 aromatic carbocycles. The molecule has 1 aliphatic carbocycles. The zero-order chi connectivity index (χ0) is 14.1. The normalized spacial score (nSPS) is 16.4. The van der Waals surface area contributed by atoms with Crippen LogP contribution in [0.15, 0.2) is 30.3 Å². The van der Waals surface area contributed by atoms with Crippen LogP contribution in [0.5, 0.6) is 0 Å². The molecular formula is C17H17FO2. The molecule has 0 radical (unpaired) electrons. The lowest BCUT2D eigenvalue weighted by Crippen LogP contribution is -2.11. The van der Waals surface area contributed by atoms with Gasteiger partial charge >= 0.3 is 5.97 Å². The second-order valence-corrected chi connectivity index (χ2v) is 5.50. The minimum Gasteiger partial charge on any atom is -0.478 e. The van der Waals surface area contributed by atoms with E-state index < -0.39 is 5.97 Å². The van der Waals surface area contributed by atoms with Crippen LogP contribution >= 0.6 is 0 Å². The minimum absolute atomic E-state index is 0.236. The van der Waals surface area contributed by atoms with Crippen LogP contribution in [0.2, 0.25) is 0 Å². The Balaban J connectivity index is 2.26. The highest BCUT2D eigenvalue weighted by Crippen LogP contribution is 2.39. The first-order chi connectivity index (χ1) is 9.68. The third kappa shape index (κ3) is 2.17. The van der Waals surface area contributed by atoms with Crippen molar-refractivity contribution in [1.29, 1.82) is 0 Å². The van der Waals surface area contributed by atoms with Gasteiger partial charge in [0.15, 0.2) is 0 Å². The molecule has 0 spiro atoms. The van der Waals surface area contributed by atoms with Crippen molar-refractivity contribution in [1.82, 2.24) is 0 Å². The van der Waals surface area contributed by atoms with Gasteiger partial charge in [0.25, 0.3) is 0 Å². The van der Waals surface area contributed by atoms with Gasteiger partial charge in [-0.3, -0.25) is 0 Å². The zero-order valence-corrected chi connectivity index (χ0v) is 11.2. The van der Waals surface area contributed by atoms with Gasteiger partial charge in [0.1, 0.15) is 5.82 Å². The zero-order valence-electron chi connectivity index (χ0n) is 11.2. The molecule has 2 aromatic rings. The maximum absolute atomic E-state index is 13.9. The number of carboxylic acid groups (broad SMARTS) is 1. The van der Waals surface area contributed by atoms with Crippen LogP contribution in [0, 0.1) is 5.82 Å². The van der Waals surface area contributed by atoms with E-state index in [0.29, 0.717) is 10.9 Å². The number of hydrogen-bond donors (Lipinski definition) is 1. The van der Waals surface area contributed by atoms with Gasteiger partial charge in [-0.25, -0.2) is 9.18 Å². The third-order valence-corrected chi connectivity index (χ3v) is 4.29. The summed E-state index contributed by atoms with van der Waals surface area (Å²) < 4.78 is 13.9. The Morgan fingerprint density at radius 1 is 1.05 bits per heavy atom. The average molecular weight is 272 g/mol. The predicted octanol–water partition coefficient (Wildman–Crippen LogP) is 4.72.